The smallest absolute Gasteiger partial charge is 0.126 e. The molecule has 0 amide bonds. The van der Waals surface area contributed by atoms with Gasteiger partial charge in [0.2, 0.25) is 0 Å². The van der Waals surface area contributed by atoms with Crippen LogP contribution in [0.5, 0.6) is 0 Å². The summed E-state index contributed by atoms with van der Waals surface area (Å²) >= 11 is 0. The van der Waals surface area contributed by atoms with Crippen LogP contribution in [0, 0.1) is 5.82 Å². The van der Waals surface area contributed by atoms with Gasteiger partial charge in [-0.05, 0) is 76.8 Å². The summed E-state index contributed by atoms with van der Waals surface area (Å²) in [4.78, 5) is 5.26. The molecule has 0 radical (unpaired) electrons. The molecule has 1 aromatic rings. The first-order chi connectivity index (χ1) is 10.7. The number of likely N-dealkylation sites (tertiary alicyclic amines) is 2. The van der Waals surface area contributed by atoms with E-state index < -0.39 is 0 Å². The molecule has 122 valence electrons. The molecule has 2 aliphatic heterocycles. The molecular weight excluding hydrogens is 275 g/mol. The zero-order valence-electron chi connectivity index (χ0n) is 13.8. The summed E-state index contributed by atoms with van der Waals surface area (Å²) < 4.78 is 13.8. The maximum atomic E-state index is 13.8. The first kappa shape index (κ1) is 15.9. The summed E-state index contributed by atoms with van der Waals surface area (Å²) in [6, 6.07) is 8.43. The molecule has 22 heavy (non-hydrogen) atoms. The van der Waals surface area contributed by atoms with Gasteiger partial charge in [0, 0.05) is 12.1 Å². The molecule has 2 heterocycles. The van der Waals surface area contributed by atoms with E-state index in [9.17, 15) is 4.39 Å². The average molecular weight is 304 g/mol. The number of halogens is 1. The Bertz CT molecular complexity index is 462. The highest BCUT2D eigenvalue weighted by molar-refractivity contribution is 5.18. The van der Waals surface area contributed by atoms with E-state index in [1.165, 1.54) is 45.2 Å². The number of hydrogen-bond acceptors (Lipinski definition) is 2. The number of rotatable bonds is 4. The van der Waals surface area contributed by atoms with Gasteiger partial charge in [-0.15, -0.1) is 0 Å². The third-order valence-corrected chi connectivity index (χ3v) is 5.50. The Labute approximate surface area is 134 Å². The Kier molecular flexibility index (Phi) is 5.48. The second-order valence-corrected chi connectivity index (χ2v) is 7.01. The van der Waals surface area contributed by atoms with Gasteiger partial charge in [-0.2, -0.15) is 0 Å². The zero-order valence-corrected chi connectivity index (χ0v) is 13.8. The average Bonchev–Trinajstić information content (AvgIpc) is 2.58. The van der Waals surface area contributed by atoms with Crippen LogP contribution in [0.1, 0.15) is 44.6 Å². The maximum Gasteiger partial charge on any atom is 0.126 e. The lowest BCUT2D eigenvalue weighted by atomic mass is 9.97. The SMILES string of the molecule is C[C@H](Cc1ccccc1F)N1CCC(N2CCCCC2)CC1. The molecule has 1 atom stereocenters. The van der Waals surface area contributed by atoms with Gasteiger partial charge in [0.05, 0.1) is 0 Å². The maximum absolute atomic E-state index is 13.8. The number of piperidine rings is 2. The molecule has 0 N–H and O–H groups in total. The molecule has 0 saturated carbocycles. The van der Waals surface area contributed by atoms with Gasteiger partial charge in [-0.25, -0.2) is 4.39 Å². The van der Waals surface area contributed by atoms with E-state index in [1.54, 1.807) is 12.1 Å². The fourth-order valence-electron chi connectivity index (χ4n) is 4.09. The molecule has 1 aromatic carbocycles. The Morgan fingerprint density at radius 3 is 2.41 bits per heavy atom. The molecule has 0 spiro atoms. The van der Waals surface area contributed by atoms with Gasteiger partial charge in [0.25, 0.3) is 0 Å². The van der Waals surface area contributed by atoms with Crippen molar-refractivity contribution >= 4 is 0 Å². The van der Waals surface area contributed by atoms with Crippen molar-refractivity contribution in [3.63, 3.8) is 0 Å². The van der Waals surface area contributed by atoms with Crippen LogP contribution in [0.3, 0.4) is 0 Å². The summed E-state index contributed by atoms with van der Waals surface area (Å²) in [6.07, 6.45) is 7.55. The van der Waals surface area contributed by atoms with Crippen molar-refractivity contribution < 1.29 is 4.39 Å². The molecule has 2 fully saturated rings. The Morgan fingerprint density at radius 1 is 1.05 bits per heavy atom. The quantitative estimate of drug-likeness (QED) is 0.837. The third-order valence-electron chi connectivity index (χ3n) is 5.50. The van der Waals surface area contributed by atoms with Crippen molar-refractivity contribution in [2.24, 2.45) is 0 Å². The van der Waals surface area contributed by atoms with E-state index in [1.807, 2.05) is 12.1 Å². The van der Waals surface area contributed by atoms with E-state index in [-0.39, 0.29) is 5.82 Å². The Balaban J connectivity index is 1.49. The van der Waals surface area contributed by atoms with Crippen molar-refractivity contribution in [1.29, 1.82) is 0 Å². The summed E-state index contributed by atoms with van der Waals surface area (Å²) in [6.45, 7) is 7.17. The lowest BCUT2D eigenvalue weighted by Gasteiger charge is -2.42. The lowest BCUT2D eigenvalue weighted by molar-refractivity contribution is 0.0758. The molecule has 2 saturated heterocycles. The van der Waals surface area contributed by atoms with E-state index in [0.717, 1.165) is 31.1 Å². The molecular formula is C19H29FN2. The van der Waals surface area contributed by atoms with Crippen molar-refractivity contribution in [2.45, 2.75) is 57.5 Å². The van der Waals surface area contributed by atoms with Crippen molar-refractivity contribution in [1.82, 2.24) is 9.80 Å². The molecule has 0 bridgehead atoms. The predicted molar refractivity (Wildman–Crippen MR) is 89.6 cm³/mol. The predicted octanol–water partition coefficient (Wildman–Crippen LogP) is 3.71. The number of nitrogens with zero attached hydrogens (tertiary/aromatic N) is 2. The summed E-state index contributed by atoms with van der Waals surface area (Å²) in [7, 11) is 0. The molecule has 0 aromatic heterocycles. The molecule has 0 aliphatic carbocycles. The largest absolute Gasteiger partial charge is 0.300 e. The van der Waals surface area contributed by atoms with E-state index in [0.29, 0.717) is 6.04 Å². The van der Waals surface area contributed by atoms with Crippen LogP contribution >= 0.6 is 0 Å². The minimum absolute atomic E-state index is 0.0578. The topological polar surface area (TPSA) is 6.48 Å². The highest BCUT2D eigenvalue weighted by atomic mass is 19.1. The first-order valence-electron chi connectivity index (χ1n) is 8.95. The molecule has 3 rings (SSSR count). The second-order valence-electron chi connectivity index (χ2n) is 7.01. The van der Waals surface area contributed by atoms with E-state index in [4.69, 9.17) is 0 Å². The summed E-state index contributed by atoms with van der Waals surface area (Å²) in [5.41, 5.74) is 0.855. The zero-order chi connectivity index (χ0) is 15.4. The van der Waals surface area contributed by atoms with Gasteiger partial charge < -0.3 is 9.80 Å². The molecule has 2 aliphatic rings. The number of hydrogen-bond donors (Lipinski definition) is 0. The van der Waals surface area contributed by atoms with Crippen LogP contribution in [0.15, 0.2) is 24.3 Å². The van der Waals surface area contributed by atoms with Crippen LogP contribution in [0.25, 0.3) is 0 Å². The first-order valence-corrected chi connectivity index (χ1v) is 8.95. The second kappa shape index (κ2) is 7.56. The number of benzene rings is 1. The van der Waals surface area contributed by atoms with Crippen molar-refractivity contribution in [3.05, 3.63) is 35.6 Å². The summed E-state index contributed by atoms with van der Waals surface area (Å²) in [5.74, 6) is -0.0578. The Morgan fingerprint density at radius 2 is 1.73 bits per heavy atom. The third kappa shape index (κ3) is 3.88. The minimum atomic E-state index is -0.0578. The Hall–Kier alpha value is -0.930. The van der Waals surface area contributed by atoms with Crippen molar-refractivity contribution in [2.75, 3.05) is 26.2 Å². The highest BCUT2D eigenvalue weighted by Crippen LogP contribution is 2.23. The standard InChI is InChI=1S/C19H29FN2/c1-16(15-17-7-3-4-8-19(17)20)21-13-9-18(10-14-21)22-11-5-2-6-12-22/h3-4,7-8,16,18H,2,5-6,9-15H2,1H3/t16-/m1/s1. The van der Waals surface area contributed by atoms with Gasteiger partial charge >= 0.3 is 0 Å². The highest BCUT2D eigenvalue weighted by Gasteiger charge is 2.27. The van der Waals surface area contributed by atoms with Crippen LogP contribution < -0.4 is 0 Å². The fraction of sp³-hybridized carbons (Fsp3) is 0.684. The lowest BCUT2D eigenvalue weighted by Crippen LogP contribution is -2.49. The van der Waals surface area contributed by atoms with Gasteiger partial charge in [0.15, 0.2) is 0 Å². The van der Waals surface area contributed by atoms with Gasteiger partial charge in [0.1, 0.15) is 5.82 Å². The van der Waals surface area contributed by atoms with Crippen LogP contribution in [-0.4, -0.2) is 48.1 Å². The van der Waals surface area contributed by atoms with E-state index >= 15 is 0 Å². The minimum Gasteiger partial charge on any atom is -0.300 e. The summed E-state index contributed by atoms with van der Waals surface area (Å²) in [5, 5.41) is 0. The fourth-order valence-corrected chi connectivity index (χ4v) is 4.09. The molecule has 2 nitrogen and oxygen atoms in total. The van der Waals surface area contributed by atoms with Gasteiger partial charge in [-0.1, -0.05) is 24.6 Å². The van der Waals surface area contributed by atoms with Crippen LogP contribution in [0.2, 0.25) is 0 Å². The van der Waals surface area contributed by atoms with Gasteiger partial charge in [-0.3, -0.25) is 0 Å². The van der Waals surface area contributed by atoms with Crippen LogP contribution in [0.4, 0.5) is 4.39 Å². The van der Waals surface area contributed by atoms with Crippen molar-refractivity contribution in [3.8, 4) is 0 Å². The molecule has 0 unspecified atom stereocenters. The normalized spacial score (nSPS) is 23.5. The monoisotopic (exact) mass is 304 g/mol. The molecule has 3 heteroatoms. The van der Waals surface area contributed by atoms with E-state index in [2.05, 4.69) is 16.7 Å². The van der Waals surface area contributed by atoms with Crippen LogP contribution in [-0.2, 0) is 6.42 Å².